The lowest BCUT2D eigenvalue weighted by Gasteiger charge is -2.23. The number of halogens is 1. The van der Waals surface area contributed by atoms with Crippen molar-refractivity contribution < 1.29 is 4.39 Å². The van der Waals surface area contributed by atoms with Crippen LogP contribution in [0.5, 0.6) is 0 Å². The summed E-state index contributed by atoms with van der Waals surface area (Å²) in [6.07, 6.45) is 1.65. The molecule has 6 heteroatoms. The second-order valence-corrected chi connectivity index (χ2v) is 6.33. The van der Waals surface area contributed by atoms with E-state index >= 15 is 0 Å². The molecule has 4 aromatic rings. The first-order valence-electron chi connectivity index (χ1n) is 9.05. The molecule has 2 aromatic carbocycles. The van der Waals surface area contributed by atoms with Crippen LogP contribution in [0.2, 0.25) is 0 Å². The first-order chi connectivity index (χ1) is 13.8. The largest absolute Gasteiger partial charge is 0.366 e. The quantitative estimate of drug-likeness (QED) is 0.484. The van der Waals surface area contributed by atoms with Crippen LogP contribution in [0.4, 0.5) is 21.7 Å². The van der Waals surface area contributed by atoms with Crippen LogP contribution in [-0.2, 0) is 13.1 Å². The summed E-state index contributed by atoms with van der Waals surface area (Å²) in [4.78, 5) is 6.51. The molecule has 0 spiro atoms. The van der Waals surface area contributed by atoms with Gasteiger partial charge in [-0.25, -0.2) is 9.37 Å². The monoisotopic (exact) mass is 373 g/mol. The van der Waals surface area contributed by atoms with Gasteiger partial charge in [-0.2, -0.15) is 5.10 Å². The van der Waals surface area contributed by atoms with Crippen LogP contribution in [0.1, 0.15) is 11.3 Å². The summed E-state index contributed by atoms with van der Waals surface area (Å²) in [5, 5.41) is 10.2. The second-order valence-electron chi connectivity index (χ2n) is 6.33. The Hall–Kier alpha value is -3.67. The number of aromatic nitrogens is 3. The van der Waals surface area contributed by atoms with Gasteiger partial charge in [-0.05, 0) is 29.8 Å². The highest BCUT2D eigenvalue weighted by Crippen LogP contribution is 2.27. The number of benzene rings is 2. The van der Waals surface area contributed by atoms with Crippen LogP contribution in [0.3, 0.4) is 0 Å². The van der Waals surface area contributed by atoms with Crippen molar-refractivity contribution in [1.82, 2.24) is 15.2 Å². The molecule has 5 nitrogen and oxygen atoms in total. The fraction of sp³-hybridized carbons (Fsp3) is 0.0909. The van der Waals surface area contributed by atoms with E-state index in [9.17, 15) is 4.39 Å². The average molecular weight is 373 g/mol. The average Bonchev–Trinajstić information content (AvgIpc) is 3.27. The molecule has 0 saturated carbocycles. The van der Waals surface area contributed by atoms with Crippen molar-refractivity contribution in [3.63, 3.8) is 0 Å². The molecule has 0 amide bonds. The Morgan fingerprint density at radius 3 is 2.50 bits per heavy atom. The van der Waals surface area contributed by atoms with Gasteiger partial charge in [0.1, 0.15) is 17.5 Å². The first-order valence-corrected chi connectivity index (χ1v) is 9.05. The van der Waals surface area contributed by atoms with Gasteiger partial charge in [0.25, 0.3) is 0 Å². The van der Waals surface area contributed by atoms with E-state index in [1.54, 1.807) is 18.3 Å². The molecule has 4 rings (SSSR count). The molecule has 0 atom stereocenters. The van der Waals surface area contributed by atoms with Crippen molar-refractivity contribution in [2.24, 2.45) is 0 Å². The molecule has 0 aliphatic heterocycles. The van der Waals surface area contributed by atoms with Crippen LogP contribution < -0.4 is 10.2 Å². The van der Waals surface area contributed by atoms with Gasteiger partial charge in [-0.15, -0.1) is 0 Å². The summed E-state index contributed by atoms with van der Waals surface area (Å²) in [5.41, 5.74) is 2.47. The van der Waals surface area contributed by atoms with Crippen molar-refractivity contribution in [3.05, 3.63) is 102 Å². The molecule has 0 radical (unpaired) electrons. The van der Waals surface area contributed by atoms with E-state index in [1.165, 1.54) is 11.6 Å². The molecule has 0 bridgehead atoms. The van der Waals surface area contributed by atoms with Crippen molar-refractivity contribution in [3.8, 4) is 0 Å². The molecule has 2 aromatic heterocycles. The van der Waals surface area contributed by atoms with Crippen molar-refractivity contribution >= 4 is 17.3 Å². The maximum absolute atomic E-state index is 14.4. The third-order valence-corrected chi connectivity index (χ3v) is 4.36. The van der Waals surface area contributed by atoms with E-state index in [1.807, 2.05) is 53.4 Å². The van der Waals surface area contributed by atoms with E-state index in [2.05, 4.69) is 32.6 Å². The van der Waals surface area contributed by atoms with E-state index in [-0.39, 0.29) is 5.82 Å². The highest BCUT2D eigenvalue weighted by atomic mass is 19.1. The maximum Gasteiger partial charge on any atom is 0.146 e. The minimum absolute atomic E-state index is 0.296. The second kappa shape index (κ2) is 8.35. The highest BCUT2D eigenvalue weighted by Gasteiger charge is 2.16. The number of hydrogen-bond acceptors (Lipinski definition) is 4. The molecule has 0 saturated heterocycles. The summed E-state index contributed by atoms with van der Waals surface area (Å²) in [7, 11) is 0. The number of para-hydroxylation sites is 1. The van der Waals surface area contributed by atoms with Crippen LogP contribution >= 0.6 is 0 Å². The van der Waals surface area contributed by atoms with Crippen molar-refractivity contribution in [2.75, 3.05) is 10.2 Å². The predicted octanol–water partition coefficient (Wildman–Crippen LogP) is 4.89. The zero-order chi connectivity index (χ0) is 19.2. The molecule has 0 unspecified atom stereocenters. The van der Waals surface area contributed by atoms with Gasteiger partial charge in [-0.1, -0.05) is 48.5 Å². The molecule has 0 aliphatic carbocycles. The minimum atomic E-state index is -0.296. The first kappa shape index (κ1) is 17.7. The number of H-pyrrole nitrogens is 1. The standard InChI is InChI=1S/C22H20FN5/c23-19-10-4-5-11-20(19)28(22-13-14-25-27-22)16-18-9-6-12-21(26-18)24-15-17-7-2-1-3-8-17/h1-14H,15-16H2,(H,24,26)(H,25,27). The fourth-order valence-corrected chi connectivity index (χ4v) is 2.99. The van der Waals surface area contributed by atoms with Gasteiger partial charge in [0.05, 0.1) is 24.1 Å². The Bertz CT molecular complexity index is 1020. The molecular formula is C22H20FN5. The Balaban J connectivity index is 1.55. The third kappa shape index (κ3) is 4.17. The lowest BCUT2D eigenvalue weighted by Crippen LogP contribution is -2.19. The lowest BCUT2D eigenvalue weighted by molar-refractivity contribution is 0.623. The zero-order valence-electron chi connectivity index (χ0n) is 15.2. The maximum atomic E-state index is 14.4. The SMILES string of the molecule is Fc1ccccc1N(Cc1cccc(NCc2ccccc2)n1)c1ccn[nH]1. The summed E-state index contributed by atoms with van der Waals surface area (Å²) in [6.45, 7) is 1.10. The van der Waals surface area contributed by atoms with Gasteiger partial charge in [0.15, 0.2) is 0 Å². The van der Waals surface area contributed by atoms with Crippen LogP contribution in [0.15, 0.2) is 85.1 Å². The number of aromatic amines is 1. The highest BCUT2D eigenvalue weighted by molar-refractivity contribution is 5.60. The van der Waals surface area contributed by atoms with Gasteiger partial charge in [0, 0.05) is 12.6 Å². The molecule has 2 heterocycles. The molecule has 28 heavy (non-hydrogen) atoms. The number of rotatable bonds is 7. The van der Waals surface area contributed by atoms with E-state index in [4.69, 9.17) is 0 Å². The Morgan fingerprint density at radius 1 is 0.893 bits per heavy atom. The summed E-state index contributed by atoms with van der Waals surface area (Å²) >= 11 is 0. The van der Waals surface area contributed by atoms with E-state index in [0.717, 1.165) is 11.5 Å². The van der Waals surface area contributed by atoms with Crippen molar-refractivity contribution in [2.45, 2.75) is 13.1 Å². The third-order valence-electron chi connectivity index (χ3n) is 4.36. The topological polar surface area (TPSA) is 56.8 Å². The van der Waals surface area contributed by atoms with Crippen LogP contribution in [-0.4, -0.2) is 15.2 Å². The minimum Gasteiger partial charge on any atom is -0.366 e. The Morgan fingerprint density at radius 2 is 1.71 bits per heavy atom. The number of anilines is 3. The van der Waals surface area contributed by atoms with Crippen molar-refractivity contribution in [1.29, 1.82) is 0 Å². The lowest BCUT2D eigenvalue weighted by atomic mass is 10.2. The number of nitrogens with zero attached hydrogens (tertiary/aromatic N) is 3. The Kier molecular flexibility index (Phi) is 5.29. The van der Waals surface area contributed by atoms with Gasteiger partial charge in [-0.3, -0.25) is 5.10 Å². The number of pyridine rings is 1. The smallest absolute Gasteiger partial charge is 0.146 e. The van der Waals surface area contributed by atoms with E-state index < -0.39 is 0 Å². The Labute approximate surface area is 162 Å². The van der Waals surface area contributed by atoms with E-state index in [0.29, 0.717) is 24.6 Å². The zero-order valence-corrected chi connectivity index (χ0v) is 15.2. The normalized spacial score (nSPS) is 10.6. The number of nitrogens with one attached hydrogen (secondary N) is 2. The fourth-order valence-electron chi connectivity index (χ4n) is 2.99. The van der Waals surface area contributed by atoms with Gasteiger partial charge >= 0.3 is 0 Å². The van der Waals surface area contributed by atoms with Crippen LogP contribution in [0, 0.1) is 5.82 Å². The molecule has 140 valence electrons. The molecule has 2 N–H and O–H groups in total. The molecule has 0 aliphatic rings. The van der Waals surface area contributed by atoms with Gasteiger partial charge in [0.2, 0.25) is 0 Å². The summed E-state index contributed by atoms with van der Waals surface area (Å²) < 4.78 is 14.4. The van der Waals surface area contributed by atoms with Crippen LogP contribution in [0.25, 0.3) is 0 Å². The molecule has 0 fully saturated rings. The molecular weight excluding hydrogens is 353 g/mol. The number of hydrogen-bond donors (Lipinski definition) is 2. The van der Waals surface area contributed by atoms with Gasteiger partial charge < -0.3 is 10.2 Å². The predicted molar refractivity (Wildman–Crippen MR) is 109 cm³/mol. The summed E-state index contributed by atoms with van der Waals surface area (Å²) in [5.74, 6) is 1.18. The summed E-state index contributed by atoms with van der Waals surface area (Å²) in [6, 6.07) is 24.4.